The number of thiol groups is 1. The number of primary amides is 1. The van der Waals surface area contributed by atoms with E-state index in [9.17, 15) is 4.79 Å². The summed E-state index contributed by atoms with van der Waals surface area (Å²) in [5.41, 5.74) is 4.58. The van der Waals surface area contributed by atoms with Crippen molar-refractivity contribution in [3.63, 3.8) is 0 Å². The van der Waals surface area contributed by atoms with Crippen LogP contribution in [-0.4, -0.2) is 21.9 Å². The average molecular weight is 171 g/mol. The molecule has 1 heterocycles. The number of nitrogens with zero attached hydrogens (tertiary/aromatic N) is 2. The third-order valence-corrected chi connectivity index (χ3v) is 0.951. The van der Waals surface area contributed by atoms with Gasteiger partial charge in [0.2, 0.25) is 5.91 Å². The molecule has 0 aliphatic carbocycles. The van der Waals surface area contributed by atoms with Crippen LogP contribution in [0.3, 0.4) is 0 Å². The molecular formula is C6H9N3OS. The highest BCUT2D eigenvalue weighted by atomic mass is 32.1. The molecule has 1 aromatic rings. The molecule has 0 unspecified atom stereocenters. The van der Waals surface area contributed by atoms with Gasteiger partial charge in [-0.15, -0.1) is 0 Å². The quantitative estimate of drug-likeness (QED) is 0.579. The summed E-state index contributed by atoms with van der Waals surface area (Å²) in [6.07, 6.45) is 3.28. The van der Waals surface area contributed by atoms with E-state index in [1.54, 1.807) is 12.4 Å². The Morgan fingerprint density at radius 1 is 1.36 bits per heavy atom. The van der Waals surface area contributed by atoms with Gasteiger partial charge in [-0.2, -0.15) is 22.8 Å². The number of rotatable bonds is 1. The highest BCUT2D eigenvalue weighted by Gasteiger charge is 1.78. The number of nitrogens with two attached hydrogens (primary N) is 1. The van der Waals surface area contributed by atoms with Crippen LogP contribution in [0.1, 0.15) is 0 Å². The van der Waals surface area contributed by atoms with Gasteiger partial charge in [-0.3, -0.25) is 4.79 Å². The Balaban J connectivity index is 0.000000187. The zero-order valence-electron chi connectivity index (χ0n) is 5.84. The minimum atomic E-state index is -0.381. The van der Waals surface area contributed by atoms with E-state index >= 15 is 0 Å². The van der Waals surface area contributed by atoms with E-state index in [2.05, 4.69) is 28.6 Å². The van der Waals surface area contributed by atoms with Gasteiger partial charge in [-0.05, 0) is 12.1 Å². The third kappa shape index (κ3) is 8.90. The van der Waals surface area contributed by atoms with Crippen molar-refractivity contribution in [2.45, 2.75) is 0 Å². The van der Waals surface area contributed by atoms with Crippen molar-refractivity contribution in [2.75, 3.05) is 5.75 Å². The molecule has 4 nitrogen and oxygen atoms in total. The first kappa shape index (κ1) is 9.90. The number of carbonyl (C=O) groups is 1. The van der Waals surface area contributed by atoms with Gasteiger partial charge in [0.15, 0.2) is 0 Å². The summed E-state index contributed by atoms with van der Waals surface area (Å²) in [7, 11) is 0. The monoisotopic (exact) mass is 171 g/mol. The number of aromatic nitrogens is 2. The molecule has 0 saturated heterocycles. The van der Waals surface area contributed by atoms with Crippen LogP contribution in [0.2, 0.25) is 0 Å². The highest BCUT2D eigenvalue weighted by Crippen LogP contribution is 1.68. The predicted octanol–water partition coefficient (Wildman–Crippen LogP) is -0.122. The van der Waals surface area contributed by atoms with Gasteiger partial charge in [0.25, 0.3) is 0 Å². The van der Waals surface area contributed by atoms with Gasteiger partial charge in [-0.25, -0.2) is 0 Å². The van der Waals surface area contributed by atoms with Gasteiger partial charge in [0.05, 0.1) is 5.75 Å². The molecule has 1 rings (SSSR count). The molecular weight excluding hydrogens is 162 g/mol. The summed E-state index contributed by atoms with van der Waals surface area (Å²) in [5, 5.41) is 7.07. The van der Waals surface area contributed by atoms with Crippen molar-refractivity contribution in [2.24, 2.45) is 5.73 Å². The zero-order chi connectivity index (χ0) is 8.53. The maximum atomic E-state index is 9.51. The molecule has 0 aliphatic rings. The molecule has 60 valence electrons. The lowest BCUT2D eigenvalue weighted by Crippen LogP contribution is -2.10. The molecule has 0 atom stereocenters. The van der Waals surface area contributed by atoms with E-state index in [0.29, 0.717) is 0 Å². The summed E-state index contributed by atoms with van der Waals surface area (Å²) < 4.78 is 0. The van der Waals surface area contributed by atoms with Crippen LogP contribution in [0, 0.1) is 0 Å². The van der Waals surface area contributed by atoms with Gasteiger partial charge < -0.3 is 5.73 Å². The van der Waals surface area contributed by atoms with E-state index in [1.165, 1.54) is 0 Å². The number of carbonyl (C=O) groups excluding carboxylic acids is 1. The van der Waals surface area contributed by atoms with Crippen molar-refractivity contribution >= 4 is 18.5 Å². The van der Waals surface area contributed by atoms with Gasteiger partial charge in [0, 0.05) is 12.4 Å². The number of hydrogen-bond donors (Lipinski definition) is 2. The molecule has 0 aliphatic heterocycles. The normalized spacial score (nSPS) is 7.73. The summed E-state index contributed by atoms with van der Waals surface area (Å²) in [6.45, 7) is 0. The minimum Gasteiger partial charge on any atom is -0.369 e. The molecule has 1 amide bonds. The Morgan fingerprint density at radius 2 is 1.73 bits per heavy atom. The maximum Gasteiger partial charge on any atom is 0.227 e. The summed E-state index contributed by atoms with van der Waals surface area (Å²) in [6, 6.07) is 3.65. The second-order valence-corrected chi connectivity index (χ2v) is 1.85. The Labute approximate surface area is 70.2 Å². The molecule has 2 N–H and O–H groups in total. The first-order valence-corrected chi connectivity index (χ1v) is 3.51. The first-order valence-electron chi connectivity index (χ1n) is 2.88. The van der Waals surface area contributed by atoms with E-state index in [1.807, 2.05) is 12.1 Å². The Kier molecular flexibility index (Phi) is 6.31. The summed E-state index contributed by atoms with van der Waals surface area (Å²) >= 11 is 3.54. The number of hydrogen-bond acceptors (Lipinski definition) is 4. The molecule has 0 fully saturated rings. The summed E-state index contributed by atoms with van der Waals surface area (Å²) in [4.78, 5) is 9.51. The maximum absolute atomic E-state index is 9.51. The smallest absolute Gasteiger partial charge is 0.227 e. The average Bonchev–Trinajstić information content (AvgIpc) is 2.09. The lowest BCUT2D eigenvalue weighted by atomic mass is 10.6. The van der Waals surface area contributed by atoms with Gasteiger partial charge >= 0.3 is 0 Å². The van der Waals surface area contributed by atoms with E-state index < -0.39 is 0 Å². The Bertz CT molecular complexity index is 166. The van der Waals surface area contributed by atoms with Crippen LogP contribution in [0.15, 0.2) is 24.5 Å². The van der Waals surface area contributed by atoms with Crippen molar-refractivity contribution in [1.82, 2.24) is 10.2 Å². The lowest BCUT2D eigenvalue weighted by molar-refractivity contribution is -0.115. The fourth-order valence-electron chi connectivity index (χ4n) is 0.253. The second kappa shape index (κ2) is 7.01. The number of amides is 1. The first-order chi connectivity index (χ1) is 5.27. The van der Waals surface area contributed by atoms with E-state index in [0.717, 1.165) is 0 Å². The van der Waals surface area contributed by atoms with Crippen molar-refractivity contribution in [1.29, 1.82) is 0 Å². The molecule has 0 spiro atoms. The van der Waals surface area contributed by atoms with Crippen LogP contribution in [0.4, 0.5) is 0 Å². The van der Waals surface area contributed by atoms with E-state index in [4.69, 9.17) is 0 Å². The fraction of sp³-hybridized carbons (Fsp3) is 0.167. The zero-order valence-corrected chi connectivity index (χ0v) is 6.74. The van der Waals surface area contributed by atoms with Gasteiger partial charge in [-0.1, -0.05) is 0 Å². The van der Waals surface area contributed by atoms with Crippen LogP contribution in [-0.2, 0) is 4.79 Å². The topological polar surface area (TPSA) is 68.9 Å². The summed E-state index contributed by atoms with van der Waals surface area (Å²) in [5.74, 6) is -0.242. The Hall–Kier alpha value is -1.10. The van der Waals surface area contributed by atoms with Crippen molar-refractivity contribution < 1.29 is 4.79 Å². The standard InChI is InChI=1S/C4H4N2.C2H5NOS/c1-2-4-6-5-3-1;3-2(4)1-5/h1-4H;5H,1H2,(H2,3,4). The minimum absolute atomic E-state index is 0.139. The van der Waals surface area contributed by atoms with Gasteiger partial charge in [0.1, 0.15) is 0 Å². The fourth-order valence-corrected chi connectivity index (χ4v) is 0.253. The SMILES string of the molecule is NC(=O)CS.c1ccnnc1. The largest absolute Gasteiger partial charge is 0.369 e. The second-order valence-electron chi connectivity index (χ2n) is 1.54. The van der Waals surface area contributed by atoms with Crippen LogP contribution < -0.4 is 5.73 Å². The third-order valence-electron chi connectivity index (χ3n) is 0.639. The molecule has 0 saturated carbocycles. The van der Waals surface area contributed by atoms with Crippen LogP contribution in [0.5, 0.6) is 0 Å². The molecule has 11 heavy (non-hydrogen) atoms. The predicted molar refractivity (Wildman–Crippen MR) is 45.1 cm³/mol. The Morgan fingerprint density at radius 3 is 1.82 bits per heavy atom. The van der Waals surface area contributed by atoms with Crippen LogP contribution in [0.25, 0.3) is 0 Å². The molecule has 1 aromatic heterocycles. The van der Waals surface area contributed by atoms with E-state index in [-0.39, 0.29) is 11.7 Å². The molecule has 0 radical (unpaired) electrons. The van der Waals surface area contributed by atoms with Crippen LogP contribution >= 0.6 is 12.6 Å². The molecule has 5 heteroatoms. The molecule has 0 bridgehead atoms. The van der Waals surface area contributed by atoms with Crippen molar-refractivity contribution in [3.8, 4) is 0 Å². The van der Waals surface area contributed by atoms with Crippen molar-refractivity contribution in [3.05, 3.63) is 24.5 Å². The highest BCUT2D eigenvalue weighted by molar-refractivity contribution is 7.81. The lowest BCUT2D eigenvalue weighted by Gasteiger charge is -1.72. The molecule has 0 aromatic carbocycles.